The zero-order valence-electron chi connectivity index (χ0n) is 15.1. The van der Waals surface area contributed by atoms with Crippen molar-refractivity contribution in [2.75, 3.05) is 46.9 Å². The van der Waals surface area contributed by atoms with E-state index >= 15 is 0 Å². The summed E-state index contributed by atoms with van der Waals surface area (Å²) in [5.74, 6) is 0.230. The number of likely N-dealkylation sites (N-methyl/N-ethyl adjacent to an activating group) is 1. The summed E-state index contributed by atoms with van der Waals surface area (Å²) in [6.07, 6.45) is 0.192. The number of benzene rings is 1. The van der Waals surface area contributed by atoms with Crippen LogP contribution in [-0.2, 0) is 14.3 Å². The van der Waals surface area contributed by atoms with Crippen molar-refractivity contribution < 1.29 is 19.1 Å². The third-order valence-electron chi connectivity index (χ3n) is 3.44. The number of hydrogen-bond donors (Lipinski definition) is 0. The first-order valence-electron chi connectivity index (χ1n) is 8.20. The van der Waals surface area contributed by atoms with Gasteiger partial charge in [-0.25, -0.2) is 0 Å². The first-order chi connectivity index (χ1) is 11.4. The number of esters is 1. The van der Waals surface area contributed by atoms with Crippen LogP contribution in [0.5, 0.6) is 5.75 Å². The zero-order valence-corrected chi connectivity index (χ0v) is 15.1. The molecule has 0 fully saturated rings. The Morgan fingerprint density at radius 3 is 2.29 bits per heavy atom. The fourth-order valence-electron chi connectivity index (χ4n) is 2.01. The lowest BCUT2D eigenvalue weighted by atomic mass is 10.2. The highest BCUT2D eigenvalue weighted by Gasteiger charge is 2.16. The Bertz CT molecular complexity index is 514. The highest BCUT2D eigenvalue weighted by molar-refractivity contribution is 5.78. The van der Waals surface area contributed by atoms with Gasteiger partial charge in [-0.3, -0.25) is 9.59 Å². The van der Waals surface area contributed by atoms with Crippen LogP contribution in [0, 0.1) is 6.92 Å². The summed E-state index contributed by atoms with van der Waals surface area (Å²) in [6, 6.07) is 7.55. The van der Waals surface area contributed by atoms with Crippen LogP contribution < -0.4 is 4.74 Å². The molecule has 0 aromatic heterocycles. The van der Waals surface area contributed by atoms with E-state index in [9.17, 15) is 9.59 Å². The largest absolute Gasteiger partial charge is 0.484 e. The summed E-state index contributed by atoms with van der Waals surface area (Å²) in [7, 11) is 3.88. The standard InChI is InChI=1S/C18H28N2O4/c1-5-23-18(22)10-11-20(13-12-19(3)4)17(21)14-24-16-8-6-15(2)7-9-16/h6-9H,5,10-14H2,1-4H3. The zero-order chi connectivity index (χ0) is 17.9. The number of carbonyl (C=O) groups excluding carboxylic acids is 2. The van der Waals surface area contributed by atoms with E-state index in [1.54, 1.807) is 11.8 Å². The maximum atomic E-state index is 12.4. The molecule has 0 saturated carbocycles. The van der Waals surface area contributed by atoms with Gasteiger partial charge in [-0.05, 0) is 40.1 Å². The Kier molecular flexibility index (Phi) is 8.86. The van der Waals surface area contributed by atoms with Gasteiger partial charge in [0.05, 0.1) is 13.0 Å². The first-order valence-corrected chi connectivity index (χ1v) is 8.20. The minimum Gasteiger partial charge on any atom is -0.484 e. The van der Waals surface area contributed by atoms with Crippen molar-refractivity contribution in [1.82, 2.24) is 9.80 Å². The van der Waals surface area contributed by atoms with Crippen LogP contribution in [-0.4, -0.2) is 68.6 Å². The van der Waals surface area contributed by atoms with Gasteiger partial charge in [0.2, 0.25) is 0 Å². The van der Waals surface area contributed by atoms with Crippen molar-refractivity contribution in [1.29, 1.82) is 0 Å². The first kappa shape index (κ1) is 20.0. The molecule has 1 amide bonds. The average molecular weight is 336 g/mol. The summed E-state index contributed by atoms with van der Waals surface area (Å²) < 4.78 is 10.5. The quantitative estimate of drug-likeness (QED) is 0.609. The molecule has 0 bridgehead atoms. The Morgan fingerprint density at radius 1 is 1.04 bits per heavy atom. The minimum absolute atomic E-state index is 0.0423. The van der Waals surface area contributed by atoms with Crippen LogP contribution in [0.15, 0.2) is 24.3 Å². The normalized spacial score (nSPS) is 10.5. The molecular weight excluding hydrogens is 308 g/mol. The molecule has 0 unspecified atom stereocenters. The number of carbonyl (C=O) groups is 2. The lowest BCUT2D eigenvalue weighted by Crippen LogP contribution is -2.40. The van der Waals surface area contributed by atoms with E-state index in [-0.39, 0.29) is 24.9 Å². The number of nitrogens with zero attached hydrogens (tertiary/aromatic N) is 2. The van der Waals surface area contributed by atoms with E-state index in [2.05, 4.69) is 0 Å². The topological polar surface area (TPSA) is 59.1 Å². The number of amides is 1. The van der Waals surface area contributed by atoms with Crippen LogP contribution in [0.25, 0.3) is 0 Å². The van der Waals surface area contributed by atoms with Crippen molar-refractivity contribution in [2.45, 2.75) is 20.3 Å². The number of rotatable bonds is 10. The Labute approximate surface area is 144 Å². The van der Waals surface area contributed by atoms with Gasteiger partial charge in [0.15, 0.2) is 6.61 Å². The third kappa shape index (κ3) is 7.97. The van der Waals surface area contributed by atoms with Crippen LogP contribution in [0.2, 0.25) is 0 Å². The Hall–Kier alpha value is -2.08. The molecule has 134 valence electrons. The average Bonchev–Trinajstić information content (AvgIpc) is 2.54. The fraction of sp³-hybridized carbons (Fsp3) is 0.556. The van der Waals surface area contributed by atoms with Gasteiger partial charge in [-0.2, -0.15) is 0 Å². The van der Waals surface area contributed by atoms with Crippen molar-refractivity contribution in [3.05, 3.63) is 29.8 Å². The number of hydrogen-bond acceptors (Lipinski definition) is 5. The minimum atomic E-state index is -0.292. The summed E-state index contributed by atoms with van der Waals surface area (Å²) in [4.78, 5) is 27.5. The maximum Gasteiger partial charge on any atom is 0.307 e. The molecule has 6 heteroatoms. The lowest BCUT2D eigenvalue weighted by molar-refractivity contribution is -0.144. The summed E-state index contributed by atoms with van der Waals surface area (Å²) in [6.45, 7) is 5.67. The van der Waals surface area contributed by atoms with Gasteiger partial charge >= 0.3 is 5.97 Å². The molecule has 0 N–H and O–H groups in total. The van der Waals surface area contributed by atoms with Gasteiger partial charge in [-0.1, -0.05) is 17.7 Å². The molecule has 0 aliphatic carbocycles. The molecular formula is C18H28N2O4. The van der Waals surface area contributed by atoms with E-state index in [0.29, 0.717) is 25.4 Å². The summed E-state index contributed by atoms with van der Waals surface area (Å²) in [5, 5.41) is 0. The summed E-state index contributed by atoms with van der Waals surface area (Å²) >= 11 is 0. The van der Waals surface area contributed by atoms with Crippen LogP contribution in [0.1, 0.15) is 18.9 Å². The number of ether oxygens (including phenoxy) is 2. The van der Waals surface area contributed by atoms with Crippen LogP contribution in [0.4, 0.5) is 0 Å². The molecule has 1 aromatic carbocycles. The van der Waals surface area contributed by atoms with Gasteiger partial charge in [-0.15, -0.1) is 0 Å². The molecule has 0 radical (unpaired) electrons. The van der Waals surface area contributed by atoms with E-state index in [4.69, 9.17) is 9.47 Å². The smallest absolute Gasteiger partial charge is 0.307 e. The van der Waals surface area contributed by atoms with Crippen molar-refractivity contribution >= 4 is 11.9 Å². The highest BCUT2D eigenvalue weighted by atomic mass is 16.5. The lowest BCUT2D eigenvalue weighted by Gasteiger charge is -2.24. The monoisotopic (exact) mass is 336 g/mol. The molecule has 1 rings (SSSR count). The highest BCUT2D eigenvalue weighted by Crippen LogP contribution is 2.11. The maximum absolute atomic E-state index is 12.4. The molecule has 0 aliphatic heterocycles. The molecule has 1 aromatic rings. The predicted octanol–water partition coefficient (Wildman–Crippen LogP) is 1.72. The van der Waals surface area contributed by atoms with Gasteiger partial charge in [0.1, 0.15) is 5.75 Å². The second-order valence-electron chi connectivity index (χ2n) is 5.84. The predicted molar refractivity (Wildman–Crippen MR) is 93.1 cm³/mol. The van der Waals surface area contributed by atoms with Gasteiger partial charge in [0.25, 0.3) is 5.91 Å². The molecule has 0 spiro atoms. The second kappa shape index (κ2) is 10.6. The molecule has 0 saturated heterocycles. The molecule has 6 nitrogen and oxygen atoms in total. The molecule has 0 atom stereocenters. The van der Waals surface area contributed by atoms with Gasteiger partial charge in [0, 0.05) is 19.6 Å². The summed E-state index contributed by atoms with van der Waals surface area (Å²) in [5.41, 5.74) is 1.13. The third-order valence-corrected chi connectivity index (χ3v) is 3.44. The second-order valence-corrected chi connectivity index (χ2v) is 5.84. The Morgan fingerprint density at radius 2 is 1.71 bits per heavy atom. The van der Waals surface area contributed by atoms with Crippen molar-refractivity contribution in [3.63, 3.8) is 0 Å². The van der Waals surface area contributed by atoms with E-state index in [1.165, 1.54) is 0 Å². The molecule has 0 heterocycles. The van der Waals surface area contributed by atoms with Crippen LogP contribution in [0.3, 0.4) is 0 Å². The SMILES string of the molecule is CCOC(=O)CCN(CCN(C)C)C(=O)COc1ccc(C)cc1. The Balaban J connectivity index is 2.54. The van der Waals surface area contributed by atoms with Crippen molar-refractivity contribution in [3.8, 4) is 5.75 Å². The van der Waals surface area contributed by atoms with Gasteiger partial charge < -0.3 is 19.3 Å². The molecule has 24 heavy (non-hydrogen) atoms. The molecule has 0 aliphatic rings. The van der Waals surface area contributed by atoms with Crippen molar-refractivity contribution in [2.24, 2.45) is 0 Å². The van der Waals surface area contributed by atoms with E-state index in [0.717, 1.165) is 12.1 Å². The van der Waals surface area contributed by atoms with E-state index < -0.39 is 0 Å². The van der Waals surface area contributed by atoms with E-state index in [1.807, 2.05) is 50.2 Å². The van der Waals surface area contributed by atoms with Crippen LogP contribution >= 0.6 is 0 Å². The number of aryl methyl sites for hydroxylation is 1. The fourth-order valence-corrected chi connectivity index (χ4v) is 2.01.